The van der Waals surface area contributed by atoms with Crippen molar-refractivity contribution in [1.29, 1.82) is 0 Å². The van der Waals surface area contributed by atoms with E-state index < -0.39 is 10.0 Å². The van der Waals surface area contributed by atoms with Crippen molar-refractivity contribution in [2.75, 3.05) is 18.4 Å². The highest BCUT2D eigenvalue weighted by Gasteiger charge is 2.32. The molecule has 0 aliphatic carbocycles. The number of rotatable bonds is 4. The number of thiazole rings is 1. The summed E-state index contributed by atoms with van der Waals surface area (Å²) < 4.78 is 28.1. The molecule has 0 unspecified atom stereocenters. The normalized spacial score (nSPS) is 16.1. The molecule has 1 saturated heterocycles. The molecule has 2 heterocycles. The maximum absolute atomic E-state index is 12.8. The summed E-state index contributed by atoms with van der Waals surface area (Å²) in [5, 5.41) is 3.89. The first-order valence-electron chi connectivity index (χ1n) is 9.68. The average Bonchev–Trinajstić information content (AvgIpc) is 3.10. The predicted octanol–water partition coefficient (Wildman–Crippen LogP) is 4.61. The minimum Gasteiger partial charge on any atom is -0.302 e. The molecule has 0 saturated carbocycles. The van der Waals surface area contributed by atoms with Gasteiger partial charge in [0.1, 0.15) is 0 Å². The number of anilines is 1. The number of nitrogens with one attached hydrogen (secondary N) is 1. The number of sulfonamides is 1. The molecular weight excluding hydrogens is 442 g/mol. The van der Waals surface area contributed by atoms with E-state index in [1.54, 1.807) is 12.1 Å². The number of piperidine rings is 1. The maximum Gasteiger partial charge on any atom is 0.243 e. The molecule has 0 spiro atoms. The number of fused-ring (bicyclic) bond motifs is 1. The minimum absolute atomic E-state index is 0.108. The van der Waals surface area contributed by atoms with E-state index in [9.17, 15) is 13.2 Å². The van der Waals surface area contributed by atoms with Gasteiger partial charge in [0.15, 0.2) is 5.13 Å². The van der Waals surface area contributed by atoms with Crippen LogP contribution >= 0.6 is 22.9 Å². The average molecular weight is 464 g/mol. The van der Waals surface area contributed by atoms with Gasteiger partial charge in [-0.3, -0.25) is 4.79 Å². The van der Waals surface area contributed by atoms with Crippen LogP contribution in [0.2, 0.25) is 5.02 Å². The zero-order valence-corrected chi connectivity index (χ0v) is 19.1. The SMILES string of the molecule is Cc1cc(C)c2sc(NC(=O)C3CCN(S(=O)(=O)c4cccc(Cl)c4)CC3)nc2c1. The van der Waals surface area contributed by atoms with Crippen LogP contribution < -0.4 is 5.32 Å². The summed E-state index contributed by atoms with van der Waals surface area (Å²) in [6.45, 7) is 4.65. The Bertz CT molecular complexity index is 1220. The van der Waals surface area contributed by atoms with E-state index in [4.69, 9.17) is 11.6 Å². The summed E-state index contributed by atoms with van der Waals surface area (Å²) in [6.07, 6.45) is 0.934. The van der Waals surface area contributed by atoms with Crippen LogP contribution in [-0.4, -0.2) is 36.7 Å². The number of hydrogen-bond donors (Lipinski definition) is 1. The summed E-state index contributed by atoms with van der Waals surface area (Å²) in [5.41, 5.74) is 3.16. The third-order valence-electron chi connectivity index (χ3n) is 5.31. The number of aromatic nitrogens is 1. The molecule has 4 rings (SSSR count). The van der Waals surface area contributed by atoms with E-state index in [2.05, 4.69) is 16.4 Å². The van der Waals surface area contributed by atoms with E-state index in [0.717, 1.165) is 21.3 Å². The van der Waals surface area contributed by atoms with Crippen LogP contribution in [0.3, 0.4) is 0 Å². The smallest absolute Gasteiger partial charge is 0.243 e. The molecule has 1 aliphatic heterocycles. The van der Waals surface area contributed by atoms with Crippen LogP contribution in [0.4, 0.5) is 5.13 Å². The van der Waals surface area contributed by atoms with Gasteiger partial charge in [-0.1, -0.05) is 35.1 Å². The molecule has 1 N–H and O–H groups in total. The summed E-state index contributed by atoms with van der Waals surface area (Å²) in [6, 6.07) is 10.4. The number of carbonyl (C=O) groups is 1. The summed E-state index contributed by atoms with van der Waals surface area (Å²) in [7, 11) is -3.61. The molecule has 158 valence electrons. The lowest BCUT2D eigenvalue weighted by atomic mass is 9.97. The van der Waals surface area contributed by atoms with Crippen molar-refractivity contribution in [1.82, 2.24) is 9.29 Å². The highest BCUT2D eigenvalue weighted by atomic mass is 35.5. The number of halogens is 1. The number of benzene rings is 2. The Morgan fingerprint density at radius 1 is 1.20 bits per heavy atom. The van der Waals surface area contributed by atoms with E-state index in [0.29, 0.717) is 36.1 Å². The van der Waals surface area contributed by atoms with E-state index >= 15 is 0 Å². The molecule has 1 aromatic heterocycles. The van der Waals surface area contributed by atoms with Gasteiger partial charge in [0.25, 0.3) is 0 Å². The molecule has 1 amide bonds. The Labute approximate surface area is 184 Å². The van der Waals surface area contributed by atoms with Crippen molar-refractivity contribution in [3.63, 3.8) is 0 Å². The summed E-state index contributed by atoms with van der Waals surface area (Å²) in [4.78, 5) is 17.5. The predicted molar refractivity (Wildman–Crippen MR) is 121 cm³/mol. The number of aryl methyl sites for hydroxylation is 2. The summed E-state index contributed by atoms with van der Waals surface area (Å²) >= 11 is 7.40. The standard InChI is InChI=1S/C21H22ClN3O3S2/c1-13-10-14(2)19-18(11-13)23-21(29-19)24-20(26)15-6-8-25(9-7-15)30(27,28)17-5-3-4-16(22)12-17/h3-5,10-12,15H,6-9H2,1-2H3,(H,23,24,26). The van der Waals surface area contributed by atoms with Crippen molar-refractivity contribution >= 4 is 54.2 Å². The first-order valence-corrected chi connectivity index (χ1v) is 12.3. The molecule has 1 aliphatic rings. The first-order chi connectivity index (χ1) is 14.2. The Morgan fingerprint density at radius 2 is 1.93 bits per heavy atom. The number of hydrogen-bond acceptors (Lipinski definition) is 5. The van der Waals surface area contributed by atoms with Gasteiger partial charge in [-0.15, -0.1) is 0 Å². The van der Waals surface area contributed by atoms with Crippen LogP contribution in [0, 0.1) is 19.8 Å². The fourth-order valence-corrected chi connectivity index (χ4v) is 6.46. The lowest BCUT2D eigenvalue weighted by molar-refractivity contribution is -0.120. The fourth-order valence-electron chi connectivity index (χ4n) is 3.77. The fraction of sp³-hybridized carbons (Fsp3) is 0.333. The Kier molecular flexibility index (Phi) is 5.85. The molecule has 0 atom stereocenters. The number of amides is 1. The zero-order chi connectivity index (χ0) is 21.5. The van der Waals surface area contributed by atoms with Crippen molar-refractivity contribution in [3.8, 4) is 0 Å². The van der Waals surface area contributed by atoms with Gasteiger partial charge in [0, 0.05) is 24.0 Å². The third kappa shape index (κ3) is 4.23. The summed E-state index contributed by atoms with van der Waals surface area (Å²) in [5.74, 6) is -0.353. The molecule has 2 aromatic carbocycles. The highest BCUT2D eigenvalue weighted by molar-refractivity contribution is 7.89. The van der Waals surface area contributed by atoms with Gasteiger partial charge >= 0.3 is 0 Å². The molecule has 0 bridgehead atoms. The van der Waals surface area contributed by atoms with Crippen molar-refractivity contribution in [2.45, 2.75) is 31.6 Å². The van der Waals surface area contributed by atoms with Gasteiger partial charge in [-0.2, -0.15) is 4.31 Å². The Hall–Kier alpha value is -2.00. The molecule has 6 nitrogen and oxygen atoms in total. The van der Waals surface area contributed by atoms with Gasteiger partial charge in [0.05, 0.1) is 15.1 Å². The van der Waals surface area contributed by atoms with Crippen molar-refractivity contribution in [2.24, 2.45) is 5.92 Å². The van der Waals surface area contributed by atoms with Crippen LogP contribution in [0.1, 0.15) is 24.0 Å². The van der Waals surface area contributed by atoms with Crippen LogP contribution in [0.15, 0.2) is 41.3 Å². The van der Waals surface area contributed by atoms with E-state index in [-0.39, 0.29) is 16.7 Å². The second-order valence-electron chi connectivity index (χ2n) is 7.57. The minimum atomic E-state index is -3.61. The third-order valence-corrected chi connectivity index (χ3v) is 8.56. The van der Waals surface area contributed by atoms with Gasteiger partial charge < -0.3 is 5.32 Å². The lowest BCUT2D eigenvalue weighted by Gasteiger charge is -2.30. The Morgan fingerprint density at radius 3 is 2.63 bits per heavy atom. The van der Waals surface area contributed by atoms with E-state index in [1.807, 2.05) is 19.9 Å². The van der Waals surface area contributed by atoms with Crippen LogP contribution in [0.5, 0.6) is 0 Å². The van der Waals surface area contributed by atoms with Crippen LogP contribution in [0.25, 0.3) is 10.2 Å². The largest absolute Gasteiger partial charge is 0.302 e. The molecule has 1 fully saturated rings. The Balaban J connectivity index is 1.42. The van der Waals surface area contributed by atoms with Crippen LogP contribution in [-0.2, 0) is 14.8 Å². The highest BCUT2D eigenvalue weighted by Crippen LogP contribution is 2.31. The quantitative estimate of drug-likeness (QED) is 0.612. The lowest BCUT2D eigenvalue weighted by Crippen LogP contribution is -2.41. The molecule has 9 heteroatoms. The van der Waals surface area contributed by atoms with Crippen molar-refractivity contribution in [3.05, 3.63) is 52.5 Å². The number of carbonyl (C=O) groups excluding carboxylic acids is 1. The zero-order valence-electron chi connectivity index (χ0n) is 16.7. The van der Waals surface area contributed by atoms with E-state index in [1.165, 1.54) is 27.8 Å². The first kappa shape index (κ1) is 21.2. The van der Waals surface area contributed by atoms with Gasteiger partial charge in [0.2, 0.25) is 15.9 Å². The van der Waals surface area contributed by atoms with Gasteiger partial charge in [-0.05, 0) is 62.1 Å². The van der Waals surface area contributed by atoms with Gasteiger partial charge in [-0.25, -0.2) is 13.4 Å². The van der Waals surface area contributed by atoms with Crippen molar-refractivity contribution < 1.29 is 13.2 Å². The topological polar surface area (TPSA) is 79.4 Å². The molecule has 30 heavy (non-hydrogen) atoms. The second-order valence-corrected chi connectivity index (χ2v) is 10.9. The maximum atomic E-state index is 12.8. The number of nitrogens with zero attached hydrogens (tertiary/aromatic N) is 2. The molecule has 3 aromatic rings. The monoisotopic (exact) mass is 463 g/mol. The molecule has 0 radical (unpaired) electrons. The second kappa shape index (κ2) is 8.26. The molecular formula is C21H22ClN3O3S2.